The minimum absolute atomic E-state index is 0.0859. The van der Waals surface area contributed by atoms with Crippen LogP contribution in [0.3, 0.4) is 0 Å². The number of ether oxygens (including phenoxy) is 1. The van der Waals surface area contributed by atoms with Gasteiger partial charge in [-0.1, -0.05) is 18.1 Å². The van der Waals surface area contributed by atoms with Gasteiger partial charge in [0.1, 0.15) is 18.2 Å². The Morgan fingerprint density at radius 2 is 2.04 bits per heavy atom. The van der Waals surface area contributed by atoms with Crippen LogP contribution in [0.1, 0.15) is 16.8 Å². The summed E-state index contributed by atoms with van der Waals surface area (Å²) >= 11 is 0. The van der Waals surface area contributed by atoms with Crippen molar-refractivity contribution in [2.24, 2.45) is 0 Å². The van der Waals surface area contributed by atoms with Crippen molar-refractivity contribution in [1.82, 2.24) is 10.3 Å². The molecular formula is C22H21FN2O2. The second-order valence-electron chi connectivity index (χ2n) is 6.33. The fraction of sp³-hybridized carbons (Fsp3) is 0.227. The summed E-state index contributed by atoms with van der Waals surface area (Å²) in [6, 6.07) is 12.2. The number of terminal acetylenes is 1. The molecule has 27 heavy (non-hydrogen) atoms. The van der Waals surface area contributed by atoms with Gasteiger partial charge in [-0.2, -0.15) is 0 Å². The topological polar surface area (TPSA) is 54.1 Å². The Hall–Kier alpha value is -3.26. The number of hydrogen-bond donors (Lipinski definition) is 2. The minimum atomic E-state index is -0.308. The van der Waals surface area contributed by atoms with E-state index in [1.807, 2.05) is 31.2 Å². The maximum Gasteiger partial charge on any atom is 0.224 e. The minimum Gasteiger partial charge on any atom is -0.481 e. The van der Waals surface area contributed by atoms with Gasteiger partial charge in [0, 0.05) is 23.1 Å². The van der Waals surface area contributed by atoms with Crippen LogP contribution in [0.15, 0.2) is 42.5 Å². The third-order valence-corrected chi connectivity index (χ3v) is 4.40. The van der Waals surface area contributed by atoms with E-state index in [2.05, 4.69) is 16.2 Å². The fourth-order valence-electron chi connectivity index (χ4n) is 3.03. The standard InChI is InChI=1S/C22H21FN2O2/c1-3-12-27-18-7-4-16(5-8-18)10-11-24-22(26)14-19-15(2)25-21-9-6-17(23)13-20(19)21/h1,4-9,13,25H,10-12,14H2,2H3,(H,24,26). The molecule has 0 aliphatic carbocycles. The zero-order valence-electron chi connectivity index (χ0n) is 15.1. The predicted octanol–water partition coefficient (Wildman–Crippen LogP) is 3.53. The molecule has 138 valence electrons. The molecule has 0 spiro atoms. The van der Waals surface area contributed by atoms with E-state index in [0.717, 1.165) is 33.5 Å². The van der Waals surface area contributed by atoms with Crippen molar-refractivity contribution in [3.63, 3.8) is 0 Å². The quantitative estimate of drug-likeness (QED) is 0.630. The van der Waals surface area contributed by atoms with Crippen molar-refractivity contribution < 1.29 is 13.9 Å². The van der Waals surface area contributed by atoms with Gasteiger partial charge in [-0.15, -0.1) is 6.42 Å². The molecule has 1 amide bonds. The van der Waals surface area contributed by atoms with Gasteiger partial charge < -0.3 is 15.0 Å². The summed E-state index contributed by atoms with van der Waals surface area (Å²) in [6.45, 7) is 2.66. The summed E-state index contributed by atoms with van der Waals surface area (Å²) in [4.78, 5) is 15.5. The molecule has 5 heteroatoms. The predicted molar refractivity (Wildman–Crippen MR) is 104 cm³/mol. The van der Waals surface area contributed by atoms with Crippen molar-refractivity contribution in [2.75, 3.05) is 13.2 Å². The first kappa shape index (κ1) is 18.5. The summed E-state index contributed by atoms with van der Waals surface area (Å²) in [6.07, 6.45) is 6.09. The van der Waals surface area contributed by atoms with Crippen LogP contribution in [0.4, 0.5) is 4.39 Å². The molecule has 0 bridgehead atoms. The molecule has 2 aromatic carbocycles. The van der Waals surface area contributed by atoms with Crippen molar-refractivity contribution in [3.8, 4) is 18.1 Å². The molecule has 1 aromatic heterocycles. The van der Waals surface area contributed by atoms with E-state index in [9.17, 15) is 9.18 Å². The Morgan fingerprint density at radius 1 is 1.26 bits per heavy atom. The smallest absolute Gasteiger partial charge is 0.224 e. The number of halogens is 1. The first-order valence-corrected chi connectivity index (χ1v) is 8.75. The maximum absolute atomic E-state index is 13.5. The van der Waals surface area contributed by atoms with Crippen LogP contribution in [-0.4, -0.2) is 24.0 Å². The fourth-order valence-corrected chi connectivity index (χ4v) is 3.03. The van der Waals surface area contributed by atoms with Crippen LogP contribution in [0.5, 0.6) is 5.75 Å². The molecule has 0 atom stereocenters. The normalized spacial score (nSPS) is 10.6. The van der Waals surface area contributed by atoms with Gasteiger partial charge in [0.15, 0.2) is 0 Å². The lowest BCUT2D eigenvalue weighted by atomic mass is 10.1. The number of amides is 1. The number of aromatic nitrogens is 1. The van der Waals surface area contributed by atoms with E-state index < -0.39 is 0 Å². The molecule has 0 aliphatic rings. The van der Waals surface area contributed by atoms with E-state index in [4.69, 9.17) is 11.2 Å². The average Bonchev–Trinajstić information content (AvgIpc) is 2.96. The lowest BCUT2D eigenvalue weighted by Crippen LogP contribution is -2.27. The number of fused-ring (bicyclic) bond motifs is 1. The number of carbonyl (C=O) groups is 1. The Kier molecular flexibility index (Phi) is 5.77. The number of H-pyrrole nitrogens is 1. The van der Waals surface area contributed by atoms with E-state index in [1.54, 1.807) is 6.07 Å². The van der Waals surface area contributed by atoms with Gasteiger partial charge in [0.25, 0.3) is 0 Å². The first-order valence-electron chi connectivity index (χ1n) is 8.75. The number of aromatic amines is 1. The van der Waals surface area contributed by atoms with Gasteiger partial charge >= 0.3 is 0 Å². The van der Waals surface area contributed by atoms with E-state index in [0.29, 0.717) is 13.0 Å². The monoisotopic (exact) mass is 364 g/mol. The molecular weight excluding hydrogens is 343 g/mol. The van der Waals surface area contributed by atoms with Crippen molar-refractivity contribution in [1.29, 1.82) is 0 Å². The number of nitrogens with one attached hydrogen (secondary N) is 2. The number of carbonyl (C=O) groups excluding carboxylic acids is 1. The van der Waals surface area contributed by atoms with Gasteiger partial charge in [0.05, 0.1) is 6.42 Å². The van der Waals surface area contributed by atoms with Crippen LogP contribution in [-0.2, 0) is 17.6 Å². The molecule has 3 rings (SSSR count). The van der Waals surface area contributed by atoms with E-state index in [1.165, 1.54) is 12.1 Å². The Morgan fingerprint density at radius 3 is 2.78 bits per heavy atom. The second kappa shape index (κ2) is 8.41. The van der Waals surface area contributed by atoms with Crippen molar-refractivity contribution in [2.45, 2.75) is 19.8 Å². The van der Waals surface area contributed by atoms with E-state index >= 15 is 0 Å². The highest BCUT2D eigenvalue weighted by molar-refractivity contribution is 5.90. The highest BCUT2D eigenvalue weighted by atomic mass is 19.1. The SMILES string of the molecule is C#CCOc1ccc(CCNC(=O)Cc2c(C)[nH]c3ccc(F)cc23)cc1. The van der Waals surface area contributed by atoms with Crippen LogP contribution in [0, 0.1) is 25.1 Å². The molecule has 0 saturated heterocycles. The molecule has 0 unspecified atom stereocenters. The Labute approximate surface area is 157 Å². The molecule has 1 heterocycles. The zero-order chi connectivity index (χ0) is 19.2. The van der Waals surface area contributed by atoms with Crippen molar-refractivity contribution in [3.05, 3.63) is 65.1 Å². The summed E-state index contributed by atoms with van der Waals surface area (Å²) in [7, 11) is 0. The number of rotatable bonds is 7. The van der Waals surface area contributed by atoms with E-state index in [-0.39, 0.29) is 24.8 Å². The zero-order valence-corrected chi connectivity index (χ0v) is 15.1. The van der Waals surface area contributed by atoms with Gasteiger partial charge in [-0.05, 0) is 54.8 Å². The molecule has 0 radical (unpaired) electrons. The highest BCUT2D eigenvalue weighted by Crippen LogP contribution is 2.23. The second-order valence-corrected chi connectivity index (χ2v) is 6.33. The summed E-state index contributed by atoms with van der Waals surface area (Å²) < 4.78 is 18.8. The first-order chi connectivity index (χ1) is 13.1. The summed E-state index contributed by atoms with van der Waals surface area (Å²) in [5.41, 5.74) is 3.64. The Bertz CT molecular complexity index is 984. The molecule has 0 saturated carbocycles. The molecule has 4 nitrogen and oxygen atoms in total. The number of hydrogen-bond acceptors (Lipinski definition) is 2. The van der Waals surface area contributed by atoms with Gasteiger partial charge in [0.2, 0.25) is 5.91 Å². The summed E-state index contributed by atoms with van der Waals surface area (Å²) in [5.74, 6) is 2.75. The molecule has 3 aromatic rings. The third kappa shape index (κ3) is 4.68. The van der Waals surface area contributed by atoms with Crippen LogP contribution in [0.25, 0.3) is 10.9 Å². The molecule has 0 fully saturated rings. The molecule has 2 N–H and O–H groups in total. The third-order valence-electron chi connectivity index (χ3n) is 4.40. The van der Waals surface area contributed by atoms with Crippen LogP contribution >= 0.6 is 0 Å². The van der Waals surface area contributed by atoms with Crippen LogP contribution < -0.4 is 10.1 Å². The van der Waals surface area contributed by atoms with Gasteiger partial charge in [-0.25, -0.2) is 4.39 Å². The number of aryl methyl sites for hydroxylation is 1. The Balaban J connectivity index is 1.54. The van der Waals surface area contributed by atoms with Crippen LogP contribution in [0.2, 0.25) is 0 Å². The lowest BCUT2D eigenvalue weighted by Gasteiger charge is -2.07. The average molecular weight is 364 g/mol. The maximum atomic E-state index is 13.5. The number of benzene rings is 2. The molecule has 0 aliphatic heterocycles. The summed E-state index contributed by atoms with van der Waals surface area (Å²) in [5, 5.41) is 3.68. The lowest BCUT2D eigenvalue weighted by molar-refractivity contribution is -0.120. The highest BCUT2D eigenvalue weighted by Gasteiger charge is 2.13. The largest absolute Gasteiger partial charge is 0.481 e. The van der Waals surface area contributed by atoms with Crippen molar-refractivity contribution >= 4 is 16.8 Å². The van der Waals surface area contributed by atoms with Gasteiger partial charge in [-0.3, -0.25) is 4.79 Å².